The lowest BCUT2D eigenvalue weighted by Gasteiger charge is -2.37. The molecule has 1 aliphatic rings. The molecule has 0 amide bonds. The van der Waals surface area contributed by atoms with Crippen LogP contribution in [-0.4, -0.2) is 44.4 Å². The molecule has 22 heavy (non-hydrogen) atoms. The normalized spacial score (nSPS) is 23.0. The van der Waals surface area contributed by atoms with E-state index in [9.17, 15) is 0 Å². The van der Waals surface area contributed by atoms with E-state index in [2.05, 4.69) is 31.0 Å². The lowest BCUT2D eigenvalue weighted by Crippen LogP contribution is -2.41. The van der Waals surface area contributed by atoms with Gasteiger partial charge >= 0.3 is 0 Å². The van der Waals surface area contributed by atoms with Crippen molar-refractivity contribution in [2.24, 2.45) is 0 Å². The Labute approximate surface area is 134 Å². The zero-order valence-electron chi connectivity index (χ0n) is 14.6. The monoisotopic (exact) mass is 306 g/mol. The van der Waals surface area contributed by atoms with Gasteiger partial charge in [0, 0.05) is 13.2 Å². The summed E-state index contributed by atoms with van der Waals surface area (Å²) >= 11 is 0. The average Bonchev–Trinajstić information content (AvgIpc) is 2.44. The van der Waals surface area contributed by atoms with Crippen molar-refractivity contribution < 1.29 is 9.47 Å². The lowest BCUT2D eigenvalue weighted by molar-refractivity contribution is 0.0750. The Balaban J connectivity index is 2.23. The van der Waals surface area contributed by atoms with Crippen LogP contribution in [0.4, 0.5) is 5.69 Å². The van der Waals surface area contributed by atoms with Gasteiger partial charge in [-0.15, -0.1) is 0 Å². The highest BCUT2D eigenvalue weighted by molar-refractivity contribution is 5.57. The maximum absolute atomic E-state index is 6.11. The molecule has 1 heterocycles. The SMILES string of the molecule is COCC1CC(c2cc(OC(C)C)c(N)cc2C)CCN1C. The molecule has 1 fully saturated rings. The second kappa shape index (κ2) is 7.34. The molecule has 0 aromatic heterocycles. The second-order valence-corrected chi connectivity index (χ2v) is 6.72. The predicted molar refractivity (Wildman–Crippen MR) is 91.6 cm³/mol. The van der Waals surface area contributed by atoms with Crippen molar-refractivity contribution in [1.29, 1.82) is 0 Å². The number of nitrogens with zero attached hydrogens (tertiary/aromatic N) is 1. The third kappa shape index (κ3) is 3.93. The van der Waals surface area contributed by atoms with Crippen LogP contribution in [0.5, 0.6) is 5.75 Å². The van der Waals surface area contributed by atoms with Crippen molar-refractivity contribution >= 4 is 5.69 Å². The van der Waals surface area contributed by atoms with Gasteiger partial charge in [0.1, 0.15) is 5.75 Å². The van der Waals surface area contributed by atoms with E-state index in [1.165, 1.54) is 17.5 Å². The minimum atomic E-state index is 0.136. The Morgan fingerprint density at radius 1 is 1.36 bits per heavy atom. The van der Waals surface area contributed by atoms with Crippen LogP contribution in [0.1, 0.15) is 43.7 Å². The van der Waals surface area contributed by atoms with Gasteiger partial charge in [0.2, 0.25) is 0 Å². The standard InChI is InChI=1S/C18H30N2O2/c1-12(2)22-18-10-16(13(3)8-17(18)19)14-6-7-20(4)15(9-14)11-21-5/h8,10,12,14-15H,6-7,9,11,19H2,1-5H3. The van der Waals surface area contributed by atoms with Crippen LogP contribution in [0.2, 0.25) is 0 Å². The van der Waals surface area contributed by atoms with E-state index in [-0.39, 0.29) is 6.10 Å². The van der Waals surface area contributed by atoms with Crippen LogP contribution in [-0.2, 0) is 4.74 Å². The number of likely N-dealkylation sites (N-methyl/N-ethyl adjacent to an activating group) is 1. The van der Waals surface area contributed by atoms with Gasteiger partial charge in [0.25, 0.3) is 0 Å². The maximum Gasteiger partial charge on any atom is 0.142 e. The molecular weight excluding hydrogens is 276 g/mol. The first-order chi connectivity index (χ1) is 10.4. The summed E-state index contributed by atoms with van der Waals surface area (Å²) in [7, 11) is 3.96. The molecule has 0 aliphatic carbocycles. The van der Waals surface area contributed by atoms with E-state index in [1.54, 1.807) is 7.11 Å². The Hall–Kier alpha value is -1.26. The maximum atomic E-state index is 6.11. The summed E-state index contributed by atoms with van der Waals surface area (Å²) in [6.45, 7) is 8.10. The number of hydrogen-bond acceptors (Lipinski definition) is 4. The molecule has 2 atom stereocenters. The highest BCUT2D eigenvalue weighted by Gasteiger charge is 2.28. The highest BCUT2D eigenvalue weighted by atomic mass is 16.5. The molecule has 4 heteroatoms. The fourth-order valence-electron chi connectivity index (χ4n) is 3.36. The molecule has 0 radical (unpaired) electrons. The van der Waals surface area contributed by atoms with Gasteiger partial charge in [-0.1, -0.05) is 0 Å². The first-order valence-electron chi connectivity index (χ1n) is 8.18. The van der Waals surface area contributed by atoms with E-state index in [0.717, 1.165) is 31.0 Å². The summed E-state index contributed by atoms with van der Waals surface area (Å²) in [6.07, 6.45) is 2.43. The molecule has 124 valence electrons. The van der Waals surface area contributed by atoms with Crippen molar-refractivity contribution in [3.8, 4) is 5.75 Å². The topological polar surface area (TPSA) is 47.7 Å². The Morgan fingerprint density at radius 3 is 2.73 bits per heavy atom. The number of nitrogens with two attached hydrogens (primary N) is 1. The van der Waals surface area contributed by atoms with Gasteiger partial charge in [0.15, 0.2) is 0 Å². The van der Waals surface area contributed by atoms with E-state index in [1.807, 2.05) is 13.8 Å². The first kappa shape index (κ1) is 17.1. The number of ether oxygens (including phenoxy) is 2. The average molecular weight is 306 g/mol. The van der Waals surface area contributed by atoms with Crippen molar-refractivity contribution in [3.63, 3.8) is 0 Å². The summed E-state index contributed by atoms with van der Waals surface area (Å²) < 4.78 is 11.2. The minimum absolute atomic E-state index is 0.136. The highest BCUT2D eigenvalue weighted by Crippen LogP contribution is 2.37. The van der Waals surface area contributed by atoms with Crippen molar-refractivity contribution in [2.75, 3.05) is 33.0 Å². The number of rotatable bonds is 5. The number of methoxy groups -OCH3 is 1. The minimum Gasteiger partial charge on any atom is -0.489 e. The summed E-state index contributed by atoms with van der Waals surface area (Å²) in [5.41, 5.74) is 9.48. The molecule has 1 aromatic carbocycles. The number of hydrogen-bond donors (Lipinski definition) is 1. The van der Waals surface area contributed by atoms with Crippen LogP contribution in [0.25, 0.3) is 0 Å². The second-order valence-electron chi connectivity index (χ2n) is 6.72. The largest absolute Gasteiger partial charge is 0.489 e. The number of likely N-dealkylation sites (tertiary alicyclic amines) is 1. The summed E-state index contributed by atoms with van der Waals surface area (Å²) in [5, 5.41) is 0. The van der Waals surface area contributed by atoms with Gasteiger partial charge in [-0.05, 0) is 76.4 Å². The molecule has 4 nitrogen and oxygen atoms in total. The van der Waals surface area contributed by atoms with Gasteiger partial charge in [-0.2, -0.15) is 0 Å². The zero-order valence-corrected chi connectivity index (χ0v) is 14.6. The van der Waals surface area contributed by atoms with Crippen LogP contribution in [0.3, 0.4) is 0 Å². The van der Waals surface area contributed by atoms with Crippen LogP contribution < -0.4 is 10.5 Å². The summed E-state index contributed by atoms with van der Waals surface area (Å²) in [4.78, 5) is 2.40. The van der Waals surface area contributed by atoms with Crippen molar-refractivity contribution in [3.05, 3.63) is 23.3 Å². The third-order valence-electron chi connectivity index (χ3n) is 4.57. The molecule has 2 N–H and O–H groups in total. The molecular formula is C18H30N2O2. The smallest absolute Gasteiger partial charge is 0.142 e. The van der Waals surface area contributed by atoms with Crippen molar-refractivity contribution in [1.82, 2.24) is 4.90 Å². The summed E-state index contributed by atoms with van der Waals surface area (Å²) in [5.74, 6) is 1.37. The molecule has 0 saturated carbocycles. The van der Waals surface area contributed by atoms with E-state index >= 15 is 0 Å². The number of nitrogen functional groups attached to an aromatic ring is 1. The molecule has 0 spiro atoms. The van der Waals surface area contributed by atoms with E-state index < -0.39 is 0 Å². The van der Waals surface area contributed by atoms with Crippen molar-refractivity contribution in [2.45, 2.75) is 51.7 Å². The molecule has 1 aliphatic heterocycles. The number of anilines is 1. The lowest BCUT2D eigenvalue weighted by atomic mass is 9.83. The number of benzene rings is 1. The third-order valence-corrected chi connectivity index (χ3v) is 4.57. The molecule has 2 rings (SSSR count). The van der Waals surface area contributed by atoms with Gasteiger partial charge in [0.05, 0.1) is 18.4 Å². The zero-order chi connectivity index (χ0) is 16.3. The summed E-state index contributed by atoms with van der Waals surface area (Å²) in [6, 6.07) is 4.69. The predicted octanol–water partition coefficient (Wildman–Crippen LogP) is 3.19. The Morgan fingerprint density at radius 2 is 2.09 bits per heavy atom. The fourth-order valence-corrected chi connectivity index (χ4v) is 3.36. The number of aryl methyl sites for hydroxylation is 1. The van der Waals surface area contributed by atoms with Crippen LogP contribution in [0.15, 0.2) is 12.1 Å². The fraction of sp³-hybridized carbons (Fsp3) is 0.667. The van der Waals surface area contributed by atoms with Gasteiger partial charge in [-0.3, -0.25) is 0 Å². The first-order valence-corrected chi connectivity index (χ1v) is 8.18. The van der Waals surface area contributed by atoms with E-state index in [0.29, 0.717) is 12.0 Å². The molecule has 1 aromatic rings. The van der Waals surface area contributed by atoms with Gasteiger partial charge < -0.3 is 20.1 Å². The quantitative estimate of drug-likeness (QED) is 0.849. The van der Waals surface area contributed by atoms with Crippen LogP contribution >= 0.6 is 0 Å². The molecule has 0 bridgehead atoms. The molecule has 1 saturated heterocycles. The molecule has 2 unspecified atom stereocenters. The van der Waals surface area contributed by atoms with E-state index in [4.69, 9.17) is 15.2 Å². The Kier molecular flexibility index (Phi) is 5.70. The van der Waals surface area contributed by atoms with Crippen LogP contribution in [0, 0.1) is 6.92 Å². The number of piperidine rings is 1. The Bertz CT molecular complexity index is 502. The van der Waals surface area contributed by atoms with Gasteiger partial charge in [-0.25, -0.2) is 0 Å².